The van der Waals surface area contributed by atoms with Gasteiger partial charge in [-0.2, -0.15) is 5.21 Å². The van der Waals surface area contributed by atoms with Gasteiger partial charge in [-0.25, -0.2) is 9.78 Å². The molecular weight excluding hydrogens is 454 g/mol. The normalized spacial score (nSPS) is 11.1. The maximum atomic E-state index is 13.1. The molecular formula is C27H27N7O2. The lowest BCUT2D eigenvalue weighted by atomic mass is 9.98. The zero-order valence-electron chi connectivity index (χ0n) is 20.3. The highest BCUT2D eigenvalue weighted by Crippen LogP contribution is 2.30. The van der Waals surface area contributed by atoms with Crippen LogP contribution in [0.4, 0.5) is 0 Å². The van der Waals surface area contributed by atoms with Crippen molar-refractivity contribution >= 4 is 5.97 Å². The molecule has 0 bridgehead atoms. The summed E-state index contributed by atoms with van der Waals surface area (Å²) in [5.74, 6) is 1.62. The van der Waals surface area contributed by atoms with Crippen LogP contribution in [0, 0.1) is 0 Å². The van der Waals surface area contributed by atoms with Crippen LogP contribution in [0.2, 0.25) is 0 Å². The van der Waals surface area contributed by atoms with Crippen LogP contribution in [0.1, 0.15) is 42.1 Å². The fraction of sp³-hybridized carbons (Fsp3) is 0.222. The van der Waals surface area contributed by atoms with Gasteiger partial charge in [-0.3, -0.25) is 0 Å². The number of H-pyrrole nitrogens is 1. The Morgan fingerprint density at radius 3 is 2.39 bits per heavy atom. The van der Waals surface area contributed by atoms with Crippen molar-refractivity contribution in [2.75, 3.05) is 6.61 Å². The van der Waals surface area contributed by atoms with Gasteiger partial charge in [-0.1, -0.05) is 55.5 Å². The SMILES string of the molecule is CCCc1nc(-n2cccc2)c(C(=O)OCC)n1Cc1ccc(-c2ccccc2-c2nn[nH]n2)cc1. The third-order valence-corrected chi connectivity index (χ3v) is 5.94. The molecule has 0 saturated heterocycles. The minimum absolute atomic E-state index is 0.298. The maximum Gasteiger partial charge on any atom is 0.358 e. The summed E-state index contributed by atoms with van der Waals surface area (Å²) in [6.45, 7) is 4.72. The van der Waals surface area contributed by atoms with Gasteiger partial charge >= 0.3 is 5.97 Å². The van der Waals surface area contributed by atoms with Gasteiger partial charge in [0, 0.05) is 30.9 Å². The Balaban J connectivity index is 1.51. The van der Waals surface area contributed by atoms with Gasteiger partial charge in [0.25, 0.3) is 0 Å². The molecule has 3 heterocycles. The summed E-state index contributed by atoms with van der Waals surface area (Å²) < 4.78 is 9.28. The van der Waals surface area contributed by atoms with Gasteiger partial charge in [0.05, 0.1) is 6.61 Å². The number of hydrogen-bond acceptors (Lipinski definition) is 6. The largest absolute Gasteiger partial charge is 0.461 e. The van der Waals surface area contributed by atoms with Gasteiger partial charge in [0.1, 0.15) is 5.82 Å². The Morgan fingerprint density at radius 2 is 1.72 bits per heavy atom. The van der Waals surface area contributed by atoms with E-state index in [0.717, 1.165) is 40.9 Å². The van der Waals surface area contributed by atoms with Crippen LogP contribution in [0.25, 0.3) is 28.3 Å². The number of carbonyl (C=O) groups is 1. The number of rotatable bonds is 9. The second-order valence-electron chi connectivity index (χ2n) is 8.33. The van der Waals surface area contributed by atoms with E-state index >= 15 is 0 Å². The highest BCUT2D eigenvalue weighted by molar-refractivity contribution is 5.91. The summed E-state index contributed by atoms with van der Waals surface area (Å²) in [6.07, 6.45) is 5.45. The number of esters is 1. The number of aromatic nitrogens is 7. The fourth-order valence-corrected chi connectivity index (χ4v) is 4.30. The van der Waals surface area contributed by atoms with Gasteiger partial charge in [0.2, 0.25) is 5.82 Å². The zero-order valence-corrected chi connectivity index (χ0v) is 20.3. The molecule has 182 valence electrons. The monoisotopic (exact) mass is 481 g/mol. The van der Waals surface area contributed by atoms with Crippen molar-refractivity contribution in [3.63, 3.8) is 0 Å². The molecule has 5 rings (SSSR count). The van der Waals surface area contributed by atoms with Crippen molar-refractivity contribution in [3.8, 4) is 28.3 Å². The molecule has 0 aliphatic rings. The van der Waals surface area contributed by atoms with E-state index in [0.29, 0.717) is 30.5 Å². The lowest BCUT2D eigenvalue weighted by Crippen LogP contribution is -2.16. The molecule has 0 unspecified atom stereocenters. The number of carbonyl (C=O) groups excluding carboxylic acids is 1. The first-order chi connectivity index (χ1) is 17.7. The Bertz CT molecular complexity index is 1440. The van der Waals surface area contributed by atoms with Crippen LogP contribution in [-0.4, -0.2) is 47.3 Å². The minimum Gasteiger partial charge on any atom is -0.461 e. The van der Waals surface area contributed by atoms with E-state index in [4.69, 9.17) is 9.72 Å². The number of tetrazole rings is 1. The van der Waals surface area contributed by atoms with Crippen LogP contribution in [0.15, 0.2) is 73.1 Å². The summed E-state index contributed by atoms with van der Waals surface area (Å²) in [6, 6.07) is 20.1. The van der Waals surface area contributed by atoms with Gasteiger partial charge in [-0.05, 0) is 47.4 Å². The predicted octanol–water partition coefficient (Wildman–Crippen LogP) is 4.70. The van der Waals surface area contributed by atoms with Gasteiger partial charge < -0.3 is 13.9 Å². The lowest BCUT2D eigenvalue weighted by molar-refractivity contribution is 0.0514. The molecule has 0 spiro atoms. The predicted molar refractivity (Wildman–Crippen MR) is 136 cm³/mol. The fourth-order valence-electron chi connectivity index (χ4n) is 4.30. The van der Waals surface area contributed by atoms with Crippen LogP contribution in [0.3, 0.4) is 0 Å². The Kier molecular flexibility index (Phi) is 6.70. The number of benzene rings is 2. The van der Waals surface area contributed by atoms with E-state index < -0.39 is 0 Å². The van der Waals surface area contributed by atoms with Crippen molar-refractivity contribution in [3.05, 3.63) is 90.1 Å². The summed E-state index contributed by atoms with van der Waals surface area (Å²) in [7, 11) is 0. The Labute approximate surface area is 208 Å². The minimum atomic E-state index is -0.373. The van der Waals surface area contributed by atoms with Crippen LogP contribution < -0.4 is 0 Å². The van der Waals surface area contributed by atoms with E-state index in [-0.39, 0.29) is 5.97 Å². The first kappa shape index (κ1) is 23.2. The highest BCUT2D eigenvalue weighted by atomic mass is 16.5. The van der Waals surface area contributed by atoms with Gasteiger partial charge in [0.15, 0.2) is 11.5 Å². The molecule has 0 aliphatic heterocycles. The van der Waals surface area contributed by atoms with Crippen LogP contribution >= 0.6 is 0 Å². The molecule has 0 aliphatic carbocycles. The molecule has 1 N–H and O–H groups in total. The summed E-state index contributed by atoms with van der Waals surface area (Å²) in [4.78, 5) is 17.9. The quantitative estimate of drug-likeness (QED) is 0.306. The van der Waals surface area contributed by atoms with Crippen molar-refractivity contribution < 1.29 is 9.53 Å². The van der Waals surface area contributed by atoms with E-state index in [1.807, 2.05) is 64.8 Å². The summed E-state index contributed by atoms with van der Waals surface area (Å²) in [5, 5.41) is 14.5. The number of nitrogens with one attached hydrogen (secondary N) is 1. The number of hydrogen-bond donors (Lipinski definition) is 1. The number of imidazole rings is 1. The first-order valence-corrected chi connectivity index (χ1v) is 12.0. The lowest BCUT2D eigenvalue weighted by Gasteiger charge is -2.13. The van der Waals surface area contributed by atoms with Crippen molar-refractivity contribution in [2.45, 2.75) is 33.2 Å². The molecule has 0 radical (unpaired) electrons. The van der Waals surface area contributed by atoms with Crippen molar-refractivity contribution in [2.24, 2.45) is 0 Å². The molecule has 9 heteroatoms. The first-order valence-electron chi connectivity index (χ1n) is 12.0. The number of aryl methyl sites for hydroxylation is 1. The number of ether oxygens (including phenoxy) is 1. The zero-order chi connectivity index (χ0) is 24.9. The second kappa shape index (κ2) is 10.4. The molecule has 5 aromatic rings. The van der Waals surface area contributed by atoms with Crippen LogP contribution in [-0.2, 0) is 17.7 Å². The molecule has 0 fully saturated rings. The van der Waals surface area contributed by atoms with Gasteiger partial charge in [-0.15, -0.1) is 10.2 Å². The standard InChI is InChI=1S/C27H27N7O2/c1-3-9-23-28-26(33-16-7-8-17-33)24(27(35)36-4-2)34(23)18-19-12-14-20(15-13-19)21-10-5-6-11-22(21)25-29-31-32-30-25/h5-8,10-17H,3-4,9,18H2,1-2H3,(H,29,30,31,32). The summed E-state index contributed by atoms with van der Waals surface area (Å²) >= 11 is 0. The van der Waals surface area contributed by atoms with E-state index in [2.05, 4.69) is 51.8 Å². The highest BCUT2D eigenvalue weighted by Gasteiger charge is 2.25. The molecule has 0 atom stereocenters. The molecule has 0 saturated carbocycles. The average Bonchev–Trinajstić information content (AvgIpc) is 3.67. The molecule has 36 heavy (non-hydrogen) atoms. The summed E-state index contributed by atoms with van der Waals surface area (Å²) in [5.41, 5.74) is 4.47. The smallest absolute Gasteiger partial charge is 0.358 e. The van der Waals surface area contributed by atoms with Crippen LogP contribution in [0.5, 0.6) is 0 Å². The number of nitrogens with zero attached hydrogens (tertiary/aromatic N) is 6. The molecule has 3 aromatic heterocycles. The van der Waals surface area contributed by atoms with E-state index in [1.165, 1.54) is 0 Å². The molecule has 9 nitrogen and oxygen atoms in total. The number of aromatic amines is 1. The Morgan fingerprint density at radius 1 is 0.972 bits per heavy atom. The average molecular weight is 482 g/mol. The molecule has 2 aromatic carbocycles. The third kappa shape index (κ3) is 4.55. The second-order valence-corrected chi connectivity index (χ2v) is 8.33. The van der Waals surface area contributed by atoms with E-state index in [9.17, 15) is 4.79 Å². The molecule has 0 amide bonds. The third-order valence-electron chi connectivity index (χ3n) is 5.94. The van der Waals surface area contributed by atoms with Crippen molar-refractivity contribution in [1.29, 1.82) is 0 Å². The maximum absolute atomic E-state index is 13.1. The Hall–Kier alpha value is -4.53. The van der Waals surface area contributed by atoms with E-state index in [1.54, 1.807) is 0 Å². The van der Waals surface area contributed by atoms with Crippen molar-refractivity contribution in [1.82, 2.24) is 34.7 Å². The topological polar surface area (TPSA) is 104 Å².